The Hall–Kier alpha value is -2.15. The van der Waals surface area contributed by atoms with Crippen molar-refractivity contribution in [1.82, 2.24) is 10.6 Å². The molecule has 0 spiro atoms. The quantitative estimate of drug-likeness (QED) is 0.632. The molecule has 0 aromatic heterocycles. The first-order valence-corrected chi connectivity index (χ1v) is 6.88. The van der Waals surface area contributed by atoms with Crippen molar-refractivity contribution in [3.05, 3.63) is 29.8 Å². The van der Waals surface area contributed by atoms with E-state index in [0.29, 0.717) is 10.7 Å². The molecule has 0 fully saturated rings. The molecule has 0 saturated heterocycles. The highest BCUT2D eigenvalue weighted by atomic mass is 32.1. The summed E-state index contributed by atoms with van der Waals surface area (Å²) in [5, 5.41) is 5.14. The summed E-state index contributed by atoms with van der Waals surface area (Å²) in [6, 6.07) is 6.82. The summed E-state index contributed by atoms with van der Waals surface area (Å²) in [4.78, 5) is 23.2. The van der Waals surface area contributed by atoms with Gasteiger partial charge < -0.3 is 21.1 Å². The van der Waals surface area contributed by atoms with Crippen molar-refractivity contribution in [2.75, 3.05) is 13.2 Å². The number of amides is 2. The highest BCUT2D eigenvalue weighted by Crippen LogP contribution is 2.11. The van der Waals surface area contributed by atoms with Gasteiger partial charge in [-0.15, -0.1) is 0 Å². The zero-order valence-electron chi connectivity index (χ0n) is 12.0. The van der Waals surface area contributed by atoms with Crippen LogP contribution in [0.5, 0.6) is 5.75 Å². The van der Waals surface area contributed by atoms with Gasteiger partial charge in [-0.1, -0.05) is 12.2 Å². The standard InChI is InChI=1S/C14H19N3O3S/c1-9(2)17-12(18)7-16-13(19)8-20-11-5-3-10(4-6-11)14(15)21/h3-6,9H,7-8H2,1-2H3,(H2,15,21)(H,16,19)(H,17,18). The number of hydrogen-bond donors (Lipinski definition) is 3. The molecule has 0 aliphatic carbocycles. The van der Waals surface area contributed by atoms with E-state index in [-0.39, 0.29) is 31.0 Å². The third kappa shape index (κ3) is 6.71. The maximum Gasteiger partial charge on any atom is 0.258 e. The van der Waals surface area contributed by atoms with Crippen molar-refractivity contribution >= 4 is 29.0 Å². The first-order valence-electron chi connectivity index (χ1n) is 6.47. The van der Waals surface area contributed by atoms with Gasteiger partial charge in [0.25, 0.3) is 5.91 Å². The van der Waals surface area contributed by atoms with E-state index in [1.807, 2.05) is 13.8 Å². The van der Waals surface area contributed by atoms with Crippen molar-refractivity contribution in [2.24, 2.45) is 5.73 Å². The Balaban J connectivity index is 2.32. The first-order chi connectivity index (χ1) is 9.88. The number of benzene rings is 1. The minimum atomic E-state index is -0.368. The summed E-state index contributed by atoms with van der Waals surface area (Å²) < 4.78 is 5.29. The Kier molecular flexibility index (Phi) is 6.61. The first kappa shape index (κ1) is 16.9. The molecule has 21 heavy (non-hydrogen) atoms. The van der Waals surface area contributed by atoms with E-state index < -0.39 is 0 Å². The van der Waals surface area contributed by atoms with E-state index in [0.717, 1.165) is 5.56 Å². The molecule has 0 unspecified atom stereocenters. The minimum absolute atomic E-state index is 0.0396. The van der Waals surface area contributed by atoms with Crippen molar-refractivity contribution in [3.63, 3.8) is 0 Å². The molecule has 6 nitrogen and oxygen atoms in total. The summed E-state index contributed by atoms with van der Waals surface area (Å²) in [5.74, 6) is -0.0803. The number of rotatable bonds is 7. The third-order valence-electron chi connectivity index (χ3n) is 2.40. The number of thiocarbonyl (C=S) groups is 1. The summed E-state index contributed by atoms with van der Waals surface area (Å²) >= 11 is 4.84. The van der Waals surface area contributed by atoms with Crippen LogP contribution in [0.15, 0.2) is 24.3 Å². The Labute approximate surface area is 129 Å². The van der Waals surface area contributed by atoms with E-state index in [4.69, 9.17) is 22.7 Å². The van der Waals surface area contributed by atoms with Crippen LogP contribution in [0.2, 0.25) is 0 Å². The summed E-state index contributed by atoms with van der Waals surface area (Å²) in [5.41, 5.74) is 6.21. The van der Waals surface area contributed by atoms with Gasteiger partial charge in [-0.2, -0.15) is 0 Å². The van der Waals surface area contributed by atoms with Crippen LogP contribution in [0.3, 0.4) is 0 Å². The number of ether oxygens (including phenoxy) is 1. The predicted octanol–water partition coefficient (Wildman–Crippen LogP) is 0.340. The van der Waals surface area contributed by atoms with E-state index >= 15 is 0 Å². The molecule has 0 saturated carbocycles. The van der Waals surface area contributed by atoms with Gasteiger partial charge in [0.2, 0.25) is 5.91 Å². The van der Waals surface area contributed by atoms with Crippen molar-refractivity contribution < 1.29 is 14.3 Å². The molecule has 0 aliphatic heterocycles. The molecule has 1 aromatic rings. The van der Waals surface area contributed by atoms with Crippen LogP contribution in [-0.4, -0.2) is 36.0 Å². The Morgan fingerprint density at radius 3 is 2.38 bits per heavy atom. The van der Waals surface area contributed by atoms with Gasteiger partial charge in [-0.05, 0) is 38.1 Å². The van der Waals surface area contributed by atoms with Gasteiger partial charge in [-0.3, -0.25) is 9.59 Å². The smallest absolute Gasteiger partial charge is 0.258 e. The molecule has 1 aromatic carbocycles. The number of nitrogens with two attached hydrogens (primary N) is 1. The lowest BCUT2D eigenvalue weighted by molar-refractivity contribution is -0.127. The van der Waals surface area contributed by atoms with Crippen molar-refractivity contribution in [3.8, 4) is 5.75 Å². The lowest BCUT2D eigenvalue weighted by atomic mass is 10.2. The largest absolute Gasteiger partial charge is 0.484 e. The molecule has 7 heteroatoms. The topological polar surface area (TPSA) is 93.5 Å². The normalized spacial score (nSPS) is 10.0. The van der Waals surface area contributed by atoms with Crippen LogP contribution >= 0.6 is 12.2 Å². The van der Waals surface area contributed by atoms with E-state index in [1.165, 1.54) is 0 Å². The average Bonchev–Trinajstić information content (AvgIpc) is 2.42. The summed E-state index contributed by atoms with van der Waals surface area (Å²) in [7, 11) is 0. The molecule has 0 atom stereocenters. The zero-order chi connectivity index (χ0) is 15.8. The van der Waals surface area contributed by atoms with Crippen LogP contribution in [-0.2, 0) is 9.59 Å². The molecular weight excluding hydrogens is 290 g/mol. The Morgan fingerprint density at radius 1 is 1.24 bits per heavy atom. The van der Waals surface area contributed by atoms with Crippen molar-refractivity contribution in [1.29, 1.82) is 0 Å². The predicted molar refractivity (Wildman–Crippen MR) is 84.1 cm³/mol. The zero-order valence-corrected chi connectivity index (χ0v) is 12.8. The molecule has 0 heterocycles. The van der Waals surface area contributed by atoms with Gasteiger partial charge in [0, 0.05) is 11.6 Å². The van der Waals surface area contributed by atoms with Gasteiger partial charge >= 0.3 is 0 Å². The summed E-state index contributed by atoms with van der Waals surface area (Å²) in [6.45, 7) is 3.46. The third-order valence-corrected chi connectivity index (χ3v) is 2.64. The molecule has 0 radical (unpaired) electrons. The van der Waals surface area contributed by atoms with Gasteiger partial charge in [0.15, 0.2) is 6.61 Å². The number of carbonyl (C=O) groups is 2. The molecule has 1 rings (SSSR count). The van der Waals surface area contributed by atoms with Crippen molar-refractivity contribution in [2.45, 2.75) is 19.9 Å². The minimum Gasteiger partial charge on any atom is -0.484 e. The molecule has 0 aliphatic rings. The van der Waals surface area contributed by atoms with Crippen LogP contribution in [0, 0.1) is 0 Å². The second-order valence-corrected chi connectivity index (χ2v) is 5.12. The van der Waals surface area contributed by atoms with E-state index in [2.05, 4.69) is 10.6 Å². The molecule has 0 bridgehead atoms. The lowest BCUT2D eigenvalue weighted by Gasteiger charge is -2.10. The SMILES string of the molecule is CC(C)NC(=O)CNC(=O)COc1ccc(C(N)=S)cc1. The average molecular weight is 309 g/mol. The van der Waals surface area contributed by atoms with Gasteiger partial charge in [-0.25, -0.2) is 0 Å². The monoisotopic (exact) mass is 309 g/mol. The Bertz CT molecular complexity index is 515. The fourth-order valence-electron chi connectivity index (χ4n) is 1.47. The van der Waals surface area contributed by atoms with Gasteiger partial charge in [0.05, 0.1) is 6.54 Å². The molecular formula is C14H19N3O3S. The van der Waals surface area contributed by atoms with Crippen LogP contribution in [0.25, 0.3) is 0 Å². The maximum atomic E-state index is 11.5. The van der Waals surface area contributed by atoms with Crippen LogP contribution in [0.1, 0.15) is 19.4 Å². The number of carbonyl (C=O) groups excluding carboxylic acids is 2. The second-order valence-electron chi connectivity index (χ2n) is 4.68. The second kappa shape index (κ2) is 8.21. The van der Waals surface area contributed by atoms with Gasteiger partial charge in [0.1, 0.15) is 10.7 Å². The highest BCUT2D eigenvalue weighted by Gasteiger charge is 2.07. The van der Waals surface area contributed by atoms with Crippen LogP contribution < -0.4 is 21.1 Å². The van der Waals surface area contributed by atoms with E-state index in [9.17, 15) is 9.59 Å². The fraction of sp³-hybridized carbons (Fsp3) is 0.357. The number of hydrogen-bond acceptors (Lipinski definition) is 4. The van der Waals surface area contributed by atoms with E-state index in [1.54, 1.807) is 24.3 Å². The lowest BCUT2D eigenvalue weighted by Crippen LogP contribution is -2.41. The molecule has 4 N–H and O–H groups in total. The fourth-order valence-corrected chi connectivity index (χ4v) is 1.60. The Morgan fingerprint density at radius 2 is 1.86 bits per heavy atom. The summed E-state index contributed by atoms with van der Waals surface area (Å²) in [6.07, 6.45) is 0. The molecule has 114 valence electrons. The highest BCUT2D eigenvalue weighted by molar-refractivity contribution is 7.80. The maximum absolute atomic E-state index is 11.5. The molecule has 2 amide bonds. The number of nitrogens with one attached hydrogen (secondary N) is 2. The van der Waals surface area contributed by atoms with Crippen LogP contribution in [0.4, 0.5) is 0 Å².